The molecule has 0 N–H and O–H groups in total. The lowest BCUT2D eigenvalue weighted by molar-refractivity contribution is 0.596. The van der Waals surface area contributed by atoms with Crippen LogP contribution in [0.2, 0.25) is 0 Å². The third kappa shape index (κ3) is 4.12. The van der Waals surface area contributed by atoms with Gasteiger partial charge in [0, 0.05) is 12.3 Å². The standard InChI is InChI=1S/C21H17FN2OS2/c22-17-8-6-16(7-9-17)14-27-21-23-18-11-13-26-19(18)20(25)24(21)12-10-15-4-2-1-3-5-15/h1-9,11,13H,10,12,14H2. The second-order valence-corrected chi connectivity index (χ2v) is 8.00. The Balaban J connectivity index is 1.63. The van der Waals surface area contributed by atoms with Crippen molar-refractivity contribution in [3.63, 3.8) is 0 Å². The van der Waals surface area contributed by atoms with E-state index in [0.29, 0.717) is 22.2 Å². The van der Waals surface area contributed by atoms with Crippen molar-refractivity contribution < 1.29 is 4.39 Å². The summed E-state index contributed by atoms with van der Waals surface area (Å²) in [5.74, 6) is 0.384. The zero-order valence-corrected chi connectivity index (χ0v) is 16.1. The van der Waals surface area contributed by atoms with E-state index in [4.69, 9.17) is 4.98 Å². The lowest BCUT2D eigenvalue weighted by Gasteiger charge is -2.12. The van der Waals surface area contributed by atoms with Crippen LogP contribution in [0.25, 0.3) is 10.2 Å². The maximum absolute atomic E-state index is 13.1. The van der Waals surface area contributed by atoms with Gasteiger partial charge in [0.1, 0.15) is 10.5 Å². The molecule has 0 spiro atoms. The molecule has 4 aromatic rings. The number of hydrogen-bond acceptors (Lipinski definition) is 4. The highest BCUT2D eigenvalue weighted by atomic mass is 32.2. The molecule has 136 valence electrons. The number of aromatic nitrogens is 2. The van der Waals surface area contributed by atoms with E-state index < -0.39 is 0 Å². The van der Waals surface area contributed by atoms with Gasteiger partial charge in [-0.1, -0.05) is 54.2 Å². The molecule has 2 heterocycles. The van der Waals surface area contributed by atoms with Gasteiger partial charge < -0.3 is 0 Å². The summed E-state index contributed by atoms with van der Waals surface area (Å²) < 4.78 is 15.6. The number of aryl methyl sites for hydroxylation is 1. The van der Waals surface area contributed by atoms with Crippen molar-refractivity contribution in [3.8, 4) is 0 Å². The molecule has 0 atom stereocenters. The van der Waals surface area contributed by atoms with Gasteiger partial charge in [-0.15, -0.1) is 11.3 Å². The van der Waals surface area contributed by atoms with Crippen molar-refractivity contribution in [2.24, 2.45) is 0 Å². The minimum Gasteiger partial charge on any atom is -0.286 e. The van der Waals surface area contributed by atoms with Crippen LogP contribution in [0.1, 0.15) is 11.1 Å². The fourth-order valence-corrected chi connectivity index (χ4v) is 4.60. The van der Waals surface area contributed by atoms with Crippen LogP contribution in [0.3, 0.4) is 0 Å². The lowest BCUT2D eigenvalue weighted by atomic mass is 10.1. The van der Waals surface area contributed by atoms with Gasteiger partial charge in [-0.05, 0) is 41.1 Å². The maximum atomic E-state index is 13.1. The Bertz CT molecular complexity index is 1100. The number of thioether (sulfide) groups is 1. The number of thiophene rings is 1. The number of hydrogen-bond donors (Lipinski definition) is 0. The zero-order valence-electron chi connectivity index (χ0n) is 14.5. The van der Waals surface area contributed by atoms with Crippen molar-refractivity contribution in [2.45, 2.75) is 23.9 Å². The van der Waals surface area contributed by atoms with Gasteiger partial charge in [0.05, 0.1) is 5.52 Å². The first-order valence-electron chi connectivity index (χ1n) is 8.60. The second-order valence-electron chi connectivity index (χ2n) is 6.14. The quantitative estimate of drug-likeness (QED) is 0.335. The Morgan fingerprint density at radius 2 is 1.78 bits per heavy atom. The minimum atomic E-state index is -0.249. The number of halogens is 1. The molecule has 0 unspecified atom stereocenters. The Labute approximate surface area is 164 Å². The number of fused-ring (bicyclic) bond motifs is 1. The van der Waals surface area contributed by atoms with Gasteiger partial charge in [0.25, 0.3) is 5.56 Å². The first-order chi connectivity index (χ1) is 13.2. The molecule has 0 aliphatic rings. The predicted molar refractivity (Wildman–Crippen MR) is 110 cm³/mol. The lowest BCUT2D eigenvalue weighted by Crippen LogP contribution is -2.23. The van der Waals surface area contributed by atoms with E-state index in [-0.39, 0.29) is 11.4 Å². The van der Waals surface area contributed by atoms with Gasteiger partial charge in [0.15, 0.2) is 5.16 Å². The average Bonchev–Trinajstić information content (AvgIpc) is 3.17. The highest BCUT2D eigenvalue weighted by molar-refractivity contribution is 7.98. The summed E-state index contributed by atoms with van der Waals surface area (Å²) in [7, 11) is 0. The van der Waals surface area contributed by atoms with Crippen LogP contribution in [0.5, 0.6) is 0 Å². The Morgan fingerprint density at radius 1 is 1.00 bits per heavy atom. The van der Waals surface area contributed by atoms with Crippen LogP contribution in [0.15, 0.2) is 76.0 Å². The summed E-state index contributed by atoms with van der Waals surface area (Å²) in [6.45, 7) is 0.579. The van der Waals surface area contributed by atoms with Crippen LogP contribution in [0.4, 0.5) is 4.39 Å². The number of benzene rings is 2. The summed E-state index contributed by atoms with van der Waals surface area (Å²) in [6, 6.07) is 18.4. The largest absolute Gasteiger partial charge is 0.286 e. The summed E-state index contributed by atoms with van der Waals surface area (Å²) in [5, 5.41) is 2.60. The minimum absolute atomic E-state index is 0.00698. The van der Waals surface area contributed by atoms with E-state index in [9.17, 15) is 9.18 Å². The molecule has 27 heavy (non-hydrogen) atoms. The van der Waals surface area contributed by atoms with E-state index in [1.165, 1.54) is 40.8 Å². The topological polar surface area (TPSA) is 34.9 Å². The SMILES string of the molecule is O=c1c2sccc2nc(SCc2ccc(F)cc2)n1CCc1ccccc1. The molecule has 0 radical (unpaired) electrons. The Hall–Kier alpha value is -2.44. The van der Waals surface area contributed by atoms with Gasteiger partial charge in [-0.25, -0.2) is 9.37 Å². The predicted octanol–water partition coefficient (Wildman–Crippen LogP) is 5.13. The van der Waals surface area contributed by atoms with Gasteiger partial charge in [-0.3, -0.25) is 9.36 Å². The Kier molecular flexibility index (Phi) is 5.36. The highest BCUT2D eigenvalue weighted by Crippen LogP contribution is 2.24. The highest BCUT2D eigenvalue weighted by Gasteiger charge is 2.13. The summed E-state index contributed by atoms with van der Waals surface area (Å²) in [4.78, 5) is 17.7. The molecule has 0 saturated heterocycles. The molecule has 6 heteroatoms. The van der Waals surface area contributed by atoms with Gasteiger partial charge in [0.2, 0.25) is 0 Å². The molecule has 0 saturated carbocycles. The fraction of sp³-hybridized carbons (Fsp3) is 0.143. The normalized spacial score (nSPS) is 11.1. The van der Waals surface area contributed by atoms with Crippen molar-refractivity contribution in [1.82, 2.24) is 9.55 Å². The first kappa shape index (κ1) is 17.9. The fourth-order valence-electron chi connectivity index (χ4n) is 2.84. The van der Waals surface area contributed by atoms with Crippen molar-refractivity contribution in [1.29, 1.82) is 0 Å². The zero-order chi connectivity index (χ0) is 18.6. The van der Waals surface area contributed by atoms with Gasteiger partial charge >= 0.3 is 0 Å². The van der Waals surface area contributed by atoms with Crippen molar-refractivity contribution in [2.75, 3.05) is 0 Å². The third-order valence-corrected chi connectivity index (χ3v) is 6.22. The van der Waals surface area contributed by atoms with Crippen molar-refractivity contribution in [3.05, 3.63) is 93.3 Å². The van der Waals surface area contributed by atoms with Crippen LogP contribution in [-0.4, -0.2) is 9.55 Å². The van der Waals surface area contributed by atoms with Crippen molar-refractivity contribution >= 4 is 33.3 Å². The third-order valence-electron chi connectivity index (χ3n) is 4.28. The molecule has 0 aliphatic heterocycles. The molecule has 0 aliphatic carbocycles. The van der Waals surface area contributed by atoms with E-state index in [1.54, 1.807) is 16.7 Å². The van der Waals surface area contributed by atoms with E-state index in [2.05, 4.69) is 12.1 Å². The van der Waals surface area contributed by atoms with Crippen LogP contribution >= 0.6 is 23.1 Å². The Morgan fingerprint density at radius 3 is 2.56 bits per heavy atom. The monoisotopic (exact) mass is 396 g/mol. The molecule has 2 aromatic carbocycles. The summed E-state index contributed by atoms with van der Waals surface area (Å²) in [5.41, 5.74) is 2.93. The summed E-state index contributed by atoms with van der Waals surface area (Å²) in [6.07, 6.45) is 0.767. The summed E-state index contributed by atoms with van der Waals surface area (Å²) >= 11 is 2.94. The first-order valence-corrected chi connectivity index (χ1v) is 10.5. The van der Waals surface area contributed by atoms with E-state index >= 15 is 0 Å². The van der Waals surface area contributed by atoms with E-state index in [1.807, 2.05) is 29.6 Å². The molecule has 0 amide bonds. The maximum Gasteiger partial charge on any atom is 0.272 e. The smallest absolute Gasteiger partial charge is 0.272 e. The second kappa shape index (κ2) is 8.06. The molecule has 0 bridgehead atoms. The van der Waals surface area contributed by atoms with Gasteiger partial charge in [-0.2, -0.15) is 0 Å². The molecule has 3 nitrogen and oxygen atoms in total. The molecule has 2 aromatic heterocycles. The van der Waals surface area contributed by atoms with E-state index in [0.717, 1.165) is 17.5 Å². The average molecular weight is 397 g/mol. The van der Waals surface area contributed by atoms with Crippen LogP contribution < -0.4 is 5.56 Å². The number of nitrogens with zero attached hydrogens (tertiary/aromatic N) is 2. The molecule has 4 rings (SSSR count). The molecular formula is C21H17FN2OS2. The van der Waals surface area contributed by atoms with Crippen LogP contribution in [0, 0.1) is 5.82 Å². The molecule has 0 fully saturated rings. The van der Waals surface area contributed by atoms with Crippen LogP contribution in [-0.2, 0) is 18.7 Å². The number of rotatable bonds is 6. The molecular weight excluding hydrogens is 379 g/mol.